The van der Waals surface area contributed by atoms with E-state index < -0.39 is 0 Å². The second-order valence-electron chi connectivity index (χ2n) is 5.94. The maximum Gasteiger partial charge on any atom is 0.250 e. The molecular weight excluding hydrogens is 318 g/mol. The molecule has 0 atom stereocenters. The Morgan fingerprint density at radius 2 is 1.80 bits per heavy atom. The molecule has 0 fully saturated rings. The van der Waals surface area contributed by atoms with Crippen LogP contribution in [-0.4, -0.2) is 25.4 Å². The van der Waals surface area contributed by atoms with Crippen molar-refractivity contribution in [1.29, 1.82) is 0 Å². The van der Waals surface area contributed by atoms with Gasteiger partial charge in [-0.1, -0.05) is 29.8 Å². The summed E-state index contributed by atoms with van der Waals surface area (Å²) >= 11 is 0. The number of methoxy groups -OCH3 is 1. The van der Waals surface area contributed by atoms with Crippen LogP contribution in [0.1, 0.15) is 27.2 Å². The second kappa shape index (κ2) is 6.91. The quantitative estimate of drug-likeness (QED) is 0.718. The third kappa shape index (κ3) is 3.46. The van der Waals surface area contributed by atoms with Crippen LogP contribution in [0.2, 0.25) is 0 Å². The standard InChI is InChI=1S/C20H19NO4/c1-12-4-6-14(7-5-12)19(23)20-13(2)16-10-15(8-9-17(16)25-20)21-18(22)11-24-3/h4-10H,11H2,1-3H3,(H,21,22). The lowest BCUT2D eigenvalue weighted by Crippen LogP contribution is -2.16. The Labute approximate surface area is 145 Å². The predicted octanol–water partition coefficient (Wildman–Crippen LogP) is 3.87. The maximum absolute atomic E-state index is 12.7. The van der Waals surface area contributed by atoms with Crippen molar-refractivity contribution in [3.05, 3.63) is 64.9 Å². The topological polar surface area (TPSA) is 68.5 Å². The van der Waals surface area contributed by atoms with Crippen molar-refractivity contribution in [3.63, 3.8) is 0 Å². The Hall–Kier alpha value is -2.92. The monoisotopic (exact) mass is 337 g/mol. The van der Waals surface area contributed by atoms with Gasteiger partial charge in [0, 0.05) is 29.3 Å². The number of fused-ring (bicyclic) bond motifs is 1. The summed E-state index contributed by atoms with van der Waals surface area (Å²) in [5.74, 6) is -0.0724. The van der Waals surface area contributed by atoms with Crippen molar-refractivity contribution in [2.24, 2.45) is 0 Å². The van der Waals surface area contributed by atoms with Gasteiger partial charge in [-0.15, -0.1) is 0 Å². The Morgan fingerprint density at radius 1 is 1.08 bits per heavy atom. The summed E-state index contributed by atoms with van der Waals surface area (Å²) in [5, 5.41) is 3.54. The lowest BCUT2D eigenvalue weighted by molar-refractivity contribution is -0.119. The Morgan fingerprint density at radius 3 is 2.48 bits per heavy atom. The molecule has 128 valence electrons. The smallest absolute Gasteiger partial charge is 0.250 e. The highest BCUT2D eigenvalue weighted by atomic mass is 16.5. The number of anilines is 1. The van der Waals surface area contributed by atoms with Crippen molar-refractivity contribution < 1.29 is 18.7 Å². The fourth-order valence-corrected chi connectivity index (χ4v) is 2.68. The maximum atomic E-state index is 12.7. The molecule has 0 unspecified atom stereocenters. The number of ether oxygens (including phenoxy) is 1. The zero-order valence-electron chi connectivity index (χ0n) is 14.4. The van der Waals surface area contributed by atoms with Gasteiger partial charge >= 0.3 is 0 Å². The van der Waals surface area contributed by atoms with E-state index in [0.29, 0.717) is 22.6 Å². The largest absolute Gasteiger partial charge is 0.452 e. The van der Waals surface area contributed by atoms with E-state index in [1.807, 2.05) is 26.0 Å². The summed E-state index contributed by atoms with van der Waals surface area (Å²) in [6.45, 7) is 3.80. The average molecular weight is 337 g/mol. The van der Waals surface area contributed by atoms with E-state index in [0.717, 1.165) is 16.5 Å². The van der Waals surface area contributed by atoms with Crippen LogP contribution in [0.25, 0.3) is 11.0 Å². The summed E-state index contributed by atoms with van der Waals surface area (Å²) in [6, 6.07) is 12.7. The van der Waals surface area contributed by atoms with Crippen LogP contribution in [0, 0.1) is 13.8 Å². The van der Waals surface area contributed by atoms with Gasteiger partial charge in [0.1, 0.15) is 12.2 Å². The van der Waals surface area contributed by atoms with Crippen molar-refractivity contribution in [2.75, 3.05) is 19.0 Å². The van der Waals surface area contributed by atoms with E-state index in [2.05, 4.69) is 5.32 Å². The Balaban J connectivity index is 1.95. The van der Waals surface area contributed by atoms with E-state index in [1.54, 1.807) is 30.3 Å². The first-order valence-corrected chi connectivity index (χ1v) is 7.93. The minimum atomic E-state index is -0.237. The first-order chi connectivity index (χ1) is 12.0. The number of furan rings is 1. The number of rotatable bonds is 5. The predicted molar refractivity (Wildman–Crippen MR) is 96.1 cm³/mol. The van der Waals surface area contributed by atoms with E-state index in [9.17, 15) is 9.59 Å². The number of aryl methyl sites for hydroxylation is 2. The summed E-state index contributed by atoms with van der Waals surface area (Å²) in [5.41, 5.74) is 3.67. The van der Waals surface area contributed by atoms with Gasteiger partial charge in [0.2, 0.25) is 11.7 Å². The SMILES string of the molecule is COCC(=O)Nc1ccc2oc(C(=O)c3ccc(C)cc3)c(C)c2c1. The Kier molecular flexibility index (Phi) is 4.67. The minimum Gasteiger partial charge on any atom is -0.452 e. The number of amides is 1. The summed E-state index contributed by atoms with van der Waals surface area (Å²) in [6.07, 6.45) is 0. The summed E-state index contributed by atoms with van der Waals surface area (Å²) in [7, 11) is 1.46. The van der Waals surface area contributed by atoms with Crippen molar-refractivity contribution >= 4 is 28.3 Å². The number of carbonyl (C=O) groups excluding carboxylic acids is 2. The lowest BCUT2D eigenvalue weighted by atomic mass is 10.0. The molecule has 3 aromatic rings. The zero-order valence-corrected chi connectivity index (χ0v) is 14.4. The molecule has 2 aromatic carbocycles. The number of carbonyl (C=O) groups is 2. The van der Waals surface area contributed by atoms with Gasteiger partial charge in [-0.3, -0.25) is 9.59 Å². The Bertz CT molecular complexity index is 938. The van der Waals surface area contributed by atoms with E-state index in [4.69, 9.17) is 9.15 Å². The summed E-state index contributed by atoms with van der Waals surface area (Å²) < 4.78 is 10.6. The second-order valence-corrected chi connectivity index (χ2v) is 5.94. The molecule has 0 spiro atoms. The molecule has 25 heavy (non-hydrogen) atoms. The number of hydrogen-bond acceptors (Lipinski definition) is 4. The molecule has 0 aliphatic heterocycles. The van der Waals surface area contributed by atoms with Gasteiger partial charge in [-0.25, -0.2) is 0 Å². The first kappa shape index (κ1) is 16.9. The normalized spacial score (nSPS) is 10.8. The molecule has 0 saturated heterocycles. The average Bonchev–Trinajstić information content (AvgIpc) is 2.92. The molecule has 0 bridgehead atoms. The van der Waals surface area contributed by atoms with Gasteiger partial charge in [-0.05, 0) is 32.0 Å². The van der Waals surface area contributed by atoms with Crippen molar-refractivity contribution in [2.45, 2.75) is 13.8 Å². The van der Waals surface area contributed by atoms with Crippen molar-refractivity contribution in [1.82, 2.24) is 0 Å². The van der Waals surface area contributed by atoms with Gasteiger partial charge < -0.3 is 14.5 Å². The van der Waals surface area contributed by atoms with Crippen LogP contribution in [0.5, 0.6) is 0 Å². The molecule has 0 saturated carbocycles. The zero-order chi connectivity index (χ0) is 18.0. The molecule has 5 heteroatoms. The highest BCUT2D eigenvalue weighted by molar-refractivity contribution is 6.10. The number of ketones is 1. The van der Waals surface area contributed by atoms with Gasteiger partial charge in [-0.2, -0.15) is 0 Å². The molecule has 0 aliphatic carbocycles. The minimum absolute atomic E-state index is 0.0143. The molecule has 1 amide bonds. The number of hydrogen-bond donors (Lipinski definition) is 1. The molecular formula is C20H19NO4. The molecule has 1 aromatic heterocycles. The van der Waals surface area contributed by atoms with Crippen LogP contribution in [0.4, 0.5) is 5.69 Å². The van der Waals surface area contributed by atoms with Gasteiger partial charge in [0.15, 0.2) is 5.76 Å². The van der Waals surface area contributed by atoms with Gasteiger partial charge in [0.25, 0.3) is 0 Å². The molecule has 3 rings (SSSR count). The highest BCUT2D eigenvalue weighted by Gasteiger charge is 2.19. The molecule has 1 heterocycles. The van der Waals surface area contributed by atoms with Crippen LogP contribution < -0.4 is 5.32 Å². The van der Waals surface area contributed by atoms with Crippen LogP contribution in [-0.2, 0) is 9.53 Å². The van der Waals surface area contributed by atoms with E-state index >= 15 is 0 Å². The third-order valence-electron chi connectivity index (χ3n) is 4.02. The van der Waals surface area contributed by atoms with E-state index in [-0.39, 0.29) is 18.3 Å². The van der Waals surface area contributed by atoms with Gasteiger partial charge in [0.05, 0.1) is 0 Å². The van der Waals surface area contributed by atoms with Crippen LogP contribution in [0.3, 0.4) is 0 Å². The molecule has 1 N–H and O–H groups in total. The van der Waals surface area contributed by atoms with Crippen LogP contribution >= 0.6 is 0 Å². The van der Waals surface area contributed by atoms with Crippen LogP contribution in [0.15, 0.2) is 46.9 Å². The number of nitrogens with one attached hydrogen (secondary N) is 1. The lowest BCUT2D eigenvalue weighted by Gasteiger charge is -2.04. The van der Waals surface area contributed by atoms with Crippen molar-refractivity contribution in [3.8, 4) is 0 Å². The molecule has 5 nitrogen and oxygen atoms in total. The first-order valence-electron chi connectivity index (χ1n) is 7.93. The number of benzene rings is 2. The fraction of sp³-hybridized carbons (Fsp3) is 0.200. The van der Waals surface area contributed by atoms with E-state index in [1.165, 1.54) is 7.11 Å². The summed E-state index contributed by atoms with van der Waals surface area (Å²) in [4.78, 5) is 24.4. The fourth-order valence-electron chi connectivity index (χ4n) is 2.68. The molecule has 0 aliphatic rings. The highest BCUT2D eigenvalue weighted by Crippen LogP contribution is 2.29. The molecule has 0 radical (unpaired) electrons. The third-order valence-corrected chi connectivity index (χ3v) is 4.02.